The molecule has 0 saturated carbocycles. The minimum absolute atomic E-state index is 0.0113. The van der Waals surface area contributed by atoms with Gasteiger partial charge in [0.1, 0.15) is 10.6 Å². The maximum absolute atomic E-state index is 12.6. The van der Waals surface area contributed by atoms with E-state index in [9.17, 15) is 8.42 Å². The third kappa shape index (κ3) is 3.85. The van der Waals surface area contributed by atoms with Crippen molar-refractivity contribution < 1.29 is 13.2 Å². The van der Waals surface area contributed by atoms with Crippen LogP contribution in [0, 0.1) is 18.8 Å². The largest absolute Gasteiger partial charge is 0.495 e. The summed E-state index contributed by atoms with van der Waals surface area (Å²) >= 11 is 0. The lowest BCUT2D eigenvalue weighted by atomic mass is 10.2. The average Bonchev–Trinajstić information content (AvgIpc) is 2.65. The quantitative estimate of drug-likeness (QED) is 0.721. The van der Waals surface area contributed by atoms with E-state index in [0.29, 0.717) is 16.8 Å². The van der Waals surface area contributed by atoms with Crippen molar-refractivity contribution in [2.24, 2.45) is 0 Å². The van der Waals surface area contributed by atoms with Crippen LogP contribution in [0.1, 0.15) is 11.3 Å². The number of methoxy groups -OCH3 is 1. The predicted molar refractivity (Wildman–Crippen MR) is 102 cm³/mol. The number of aromatic nitrogens is 1. The first-order valence-corrected chi connectivity index (χ1v) is 9.47. The summed E-state index contributed by atoms with van der Waals surface area (Å²) in [4.78, 5) is 4.52. The number of sulfonamides is 1. The molecule has 26 heavy (non-hydrogen) atoms. The molecule has 0 radical (unpaired) electrons. The zero-order valence-corrected chi connectivity index (χ0v) is 15.3. The van der Waals surface area contributed by atoms with Gasteiger partial charge in [0.2, 0.25) is 10.0 Å². The summed E-state index contributed by atoms with van der Waals surface area (Å²) in [6.07, 6.45) is 0. The Labute approximate surface area is 153 Å². The van der Waals surface area contributed by atoms with Crippen molar-refractivity contribution in [2.45, 2.75) is 11.8 Å². The van der Waals surface area contributed by atoms with E-state index in [1.807, 2.05) is 43.3 Å². The molecule has 0 unspecified atom stereocenters. The minimum Gasteiger partial charge on any atom is -0.495 e. The molecule has 0 amide bonds. The first kappa shape index (κ1) is 17.9. The monoisotopic (exact) mass is 366 g/mol. The van der Waals surface area contributed by atoms with Crippen molar-refractivity contribution in [1.82, 2.24) is 9.71 Å². The van der Waals surface area contributed by atoms with E-state index in [0.717, 1.165) is 11.1 Å². The Morgan fingerprint density at radius 1 is 1.08 bits per heavy atom. The summed E-state index contributed by atoms with van der Waals surface area (Å²) in [5.41, 5.74) is 1.92. The Balaban J connectivity index is 1.83. The zero-order valence-electron chi connectivity index (χ0n) is 14.5. The van der Waals surface area contributed by atoms with Gasteiger partial charge in [0.25, 0.3) is 0 Å². The molecule has 0 saturated heterocycles. The maximum atomic E-state index is 12.6. The second kappa shape index (κ2) is 7.56. The van der Waals surface area contributed by atoms with Gasteiger partial charge in [-0.05, 0) is 31.2 Å². The van der Waals surface area contributed by atoms with Gasteiger partial charge in [-0.1, -0.05) is 42.2 Å². The molecule has 0 spiro atoms. The number of aryl methyl sites for hydroxylation is 1. The van der Waals surface area contributed by atoms with Gasteiger partial charge in [-0.2, -0.15) is 4.72 Å². The Morgan fingerprint density at radius 3 is 2.69 bits per heavy atom. The molecule has 5 nitrogen and oxygen atoms in total. The molecule has 0 aliphatic heterocycles. The number of ether oxygens (including phenoxy) is 1. The van der Waals surface area contributed by atoms with Crippen molar-refractivity contribution >= 4 is 20.9 Å². The van der Waals surface area contributed by atoms with E-state index in [2.05, 4.69) is 21.5 Å². The number of rotatable bonds is 4. The summed E-state index contributed by atoms with van der Waals surface area (Å²) in [5.74, 6) is 6.39. The highest BCUT2D eigenvalue weighted by Gasteiger charge is 2.17. The number of hydrogen-bond donors (Lipinski definition) is 1. The topological polar surface area (TPSA) is 68.3 Å². The fraction of sp³-hybridized carbons (Fsp3) is 0.150. The number of pyridine rings is 1. The maximum Gasteiger partial charge on any atom is 0.243 e. The van der Waals surface area contributed by atoms with Crippen LogP contribution in [0.25, 0.3) is 10.9 Å². The van der Waals surface area contributed by atoms with Gasteiger partial charge in [-0.25, -0.2) is 8.42 Å². The Kier molecular flexibility index (Phi) is 5.21. The fourth-order valence-electron chi connectivity index (χ4n) is 2.53. The number of nitrogens with one attached hydrogen (secondary N) is 1. The first-order valence-electron chi connectivity index (χ1n) is 7.99. The van der Waals surface area contributed by atoms with Gasteiger partial charge in [-0.15, -0.1) is 0 Å². The highest BCUT2D eigenvalue weighted by atomic mass is 32.2. The van der Waals surface area contributed by atoms with E-state index in [1.165, 1.54) is 0 Å². The second-order valence-corrected chi connectivity index (χ2v) is 7.34. The van der Waals surface area contributed by atoms with Crippen LogP contribution in [0.2, 0.25) is 0 Å². The molecule has 132 valence electrons. The molecule has 3 aromatic rings. The Bertz CT molecular complexity index is 1110. The van der Waals surface area contributed by atoms with Crippen LogP contribution >= 0.6 is 0 Å². The average molecular weight is 366 g/mol. The lowest BCUT2D eigenvalue weighted by Gasteiger charge is -2.08. The Hall–Kier alpha value is -2.88. The van der Waals surface area contributed by atoms with Crippen LogP contribution in [0.3, 0.4) is 0 Å². The van der Waals surface area contributed by atoms with Gasteiger partial charge in [0.15, 0.2) is 0 Å². The third-order valence-corrected chi connectivity index (χ3v) is 5.23. The van der Waals surface area contributed by atoms with Crippen LogP contribution < -0.4 is 9.46 Å². The van der Waals surface area contributed by atoms with Gasteiger partial charge in [0, 0.05) is 11.1 Å². The molecule has 0 atom stereocenters. The van der Waals surface area contributed by atoms with Crippen LogP contribution in [0.5, 0.6) is 5.75 Å². The molecule has 2 aromatic carbocycles. The van der Waals surface area contributed by atoms with Gasteiger partial charge in [0.05, 0.1) is 24.7 Å². The second-order valence-electron chi connectivity index (χ2n) is 5.61. The SMILES string of the molecule is COc1ccccc1C#CCNS(=O)(=O)c1cccc2ccc(C)nc12. The van der Waals surface area contributed by atoms with Crippen molar-refractivity contribution in [3.63, 3.8) is 0 Å². The van der Waals surface area contributed by atoms with Crippen LogP contribution in [-0.2, 0) is 10.0 Å². The van der Waals surface area contributed by atoms with Crippen molar-refractivity contribution in [3.05, 3.63) is 65.9 Å². The van der Waals surface area contributed by atoms with Crippen LogP contribution in [0.15, 0.2) is 59.5 Å². The van der Waals surface area contributed by atoms with Gasteiger partial charge >= 0.3 is 0 Å². The van der Waals surface area contributed by atoms with Crippen molar-refractivity contribution in [3.8, 4) is 17.6 Å². The van der Waals surface area contributed by atoms with E-state index in [4.69, 9.17) is 4.74 Å². The van der Waals surface area contributed by atoms with Crippen LogP contribution in [0.4, 0.5) is 0 Å². The summed E-state index contributed by atoms with van der Waals surface area (Å²) in [5, 5.41) is 0.776. The van der Waals surface area contributed by atoms with E-state index in [-0.39, 0.29) is 11.4 Å². The van der Waals surface area contributed by atoms with E-state index >= 15 is 0 Å². The lowest BCUT2D eigenvalue weighted by Crippen LogP contribution is -2.24. The predicted octanol–water partition coefficient (Wildman–Crippen LogP) is 2.88. The summed E-state index contributed by atoms with van der Waals surface area (Å²) in [6, 6.07) is 16.1. The molecule has 1 heterocycles. The molecule has 0 bridgehead atoms. The summed E-state index contributed by atoms with van der Waals surface area (Å²) in [6.45, 7) is 1.82. The van der Waals surface area contributed by atoms with Crippen LogP contribution in [-0.4, -0.2) is 27.1 Å². The lowest BCUT2D eigenvalue weighted by molar-refractivity contribution is 0.413. The number of hydrogen-bond acceptors (Lipinski definition) is 4. The number of para-hydroxylation sites is 2. The molecule has 1 aromatic heterocycles. The normalized spacial score (nSPS) is 11.0. The van der Waals surface area contributed by atoms with Crippen molar-refractivity contribution in [2.75, 3.05) is 13.7 Å². The van der Waals surface area contributed by atoms with E-state index < -0.39 is 10.0 Å². The zero-order chi connectivity index (χ0) is 18.6. The fourth-order valence-corrected chi connectivity index (χ4v) is 3.62. The molecular weight excluding hydrogens is 348 g/mol. The van der Waals surface area contributed by atoms with Crippen molar-refractivity contribution in [1.29, 1.82) is 0 Å². The molecular formula is C20H18N2O3S. The summed E-state index contributed by atoms with van der Waals surface area (Å²) < 4.78 is 33.0. The molecule has 0 fully saturated rings. The molecule has 1 N–H and O–H groups in total. The van der Waals surface area contributed by atoms with Gasteiger partial charge in [-0.3, -0.25) is 4.98 Å². The number of fused-ring (bicyclic) bond motifs is 1. The Morgan fingerprint density at radius 2 is 1.88 bits per heavy atom. The number of nitrogens with zero attached hydrogens (tertiary/aromatic N) is 1. The molecule has 0 aliphatic rings. The third-order valence-electron chi connectivity index (χ3n) is 3.79. The van der Waals surface area contributed by atoms with Gasteiger partial charge < -0.3 is 4.74 Å². The molecule has 6 heteroatoms. The smallest absolute Gasteiger partial charge is 0.243 e. The first-order chi connectivity index (χ1) is 12.5. The van der Waals surface area contributed by atoms with E-state index in [1.54, 1.807) is 25.3 Å². The standard InChI is InChI=1S/C20H18N2O3S/c1-15-12-13-17-8-5-11-19(20(17)22-15)26(23,24)21-14-6-9-16-7-3-4-10-18(16)25-2/h3-5,7-8,10-13,21H,14H2,1-2H3. The molecule has 0 aliphatic carbocycles. The molecule has 3 rings (SSSR count). The summed E-state index contributed by atoms with van der Waals surface area (Å²) in [7, 11) is -2.15. The minimum atomic E-state index is -3.72. The highest BCUT2D eigenvalue weighted by Crippen LogP contribution is 2.21. The number of benzene rings is 2. The highest BCUT2D eigenvalue weighted by molar-refractivity contribution is 7.89.